The van der Waals surface area contributed by atoms with Crippen LogP contribution in [0.2, 0.25) is 0 Å². The molecule has 2 heteroatoms. The molecule has 1 saturated carbocycles. The lowest BCUT2D eigenvalue weighted by Crippen LogP contribution is -2.12. The molecule has 0 amide bonds. The molecule has 0 saturated heterocycles. The molecule has 2 rings (SSSR count). The summed E-state index contributed by atoms with van der Waals surface area (Å²) in [5.74, 6) is 7.59. The summed E-state index contributed by atoms with van der Waals surface area (Å²) in [6.45, 7) is 2.89. The van der Waals surface area contributed by atoms with Crippen LogP contribution in [0.5, 0.6) is 5.75 Å². The topological polar surface area (TPSA) is 33.0 Å². The van der Waals surface area contributed by atoms with Crippen LogP contribution in [-0.2, 0) is 0 Å². The largest absolute Gasteiger partial charge is 0.494 e. The van der Waals surface area contributed by atoms with E-state index in [2.05, 4.69) is 43.0 Å². The van der Waals surface area contributed by atoms with Crippen molar-refractivity contribution in [2.24, 2.45) is 5.92 Å². The average Bonchev–Trinajstić information content (AvgIpc) is 2.52. The van der Waals surface area contributed by atoms with E-state index in [1.165, 1.54) is 18.4 Å². The van der Waals surface area contributed by atoms with E-state index in [1.807, 2.05) is 6.07 Å². The Morgan fingerprint density at radius 3 is 2.45 bits per heavy atom. The van der Waals surface area contributed by atoms with E-state index in [0.29, 0.717) is 11.8 Å². The first kappa shape index (κ1) is 14.5. The van der Waals surface area contributed by atoms with Crippen molar-refractivity contribution in [3.8, 4) is 23.7 Å². The maximum atomic E-state index is 8.48. The summed E-state index contributed by atoms with van der Waals surface area (Å²) in [5, 5.41) is 8.48. The Morgan fingerprint density at radius 2 is 1.85 bits per heavy atom. The van der Waals surface area contributed by atoms with E-state index in [-0.39, 0.29) is 0 Å². The van der Waals surface area contributed by atoms with E-state index < -0.39 is 0 Å². The van der Waals surface area contributed by atoms with E-state index in [9.17, 15) is 0 Å². The van der Waals surface area contributed by atoms with Gasteiger partial charge in [0, 0.05) is 11.8 Å². The van der Waals surface area contributed by atoms with Gasteiger partial charge in [0.05, 0.1) is 6.61 Å². The summed E-state index contributed by atoms with van der Waals surface area (Å²) in [6, 6.07) is 10.4. The first-order valence-corrected chi connectivity index (χ1v) is 7.46. The van der Waals surface area contributed by atoms with Gasteiger partial charge in [-0.1, -0.05) is 25.0 Å². The highest BCUT2D eigenvalue weighted by Crippen LogP contribution is 2.35. The molecule has 20 heavy (non-hydrogen) atoms. The van der Waals surface area contributed by atoms with Crippen LogP contribution in [0.3, 0.4) is 0 Å². The predicted molar refractivity (Wildman–Crippen MR) is 80.3 cm³/mol. The Labute approximate surface area is 121 Å². The number of hydrogen-bond donors (Lipinski definition) is 0. The van der Waals surface area contributed by atoms with Gasteiger partial charge in [-0.3, -0.25) is 0 Å². The molecule has 0 N–H and O–H groups in total. The van der Waals surface area contributed by atoms with Crippen molar-refractivity contribution in [3.05, 3.63) is 29.8 Å². The molecule has 0 unspecified atom stereocenters. The summed E-state index contributed by atoms with van der Waals surface area (Å²) in [6.07, 6.45) is 5.58. The molecule has 0 bridgehead atoms. The number of nitrogens with zero attached hydrogens (tertiary/aromatic N) is 1. The normalized spacial score (nSPS) is 21.4. The van der Waals surface area contributed by atoms with Crippen molar-refractivity contribution < 1.29 is 4.74 Å². The SMILES string of the molecule is CCCOc1ccc(C2CCC(C#CC#N)CC2)cc1. The van der Waals surface area contributed by atoms with Gasteiger partial charge in [0.1, 0.15) is 5.75 Å². The zero-order chi connectivity index (χ0) is 14.2. The highest BCUT2D eigenvalue weighted by molar-refractivity contribution is 5.30. The van der Waals surface area contributed by atoms with Crippen LogP contribution >= 0.6 is 0 Å². The summed E-state index contributed by atoms with van der Waals surface area (Å²) in [7, 11) is 0. The van der Waals surface area contributed by atoms with Crippen molar-refractivity contribution in [3.63, 3.8) is 0 Å². The molecule has 0 atom stereocenters. The molecule has 2 nitrogen and oxygen atoms in total. The first-order valence-electron chi connectivity index (χ1n) is 7.46. The van der Waals surface area contributed by atoms with Crippen LogP contribution in [-0.4, -0.2) is 6.61 Å². The molecule has 1 fully saturated rings. The Kier molecular flexibility index (Phi) is 5.51. The van der Waals surface area contributed by atoms with Crippen molar-refractivity contribution in [1.82, 2.24) is 0 Å². The Morgan fingerprint density at radius 1 is 1.15 bits per heavy atom. The van der Waals surface area contributed by atoms with E-state index in [1.54, 1.807) is 0 Å². The maximum Gasteiger partial charge on any atom is 0.152 e. The van der Waals surface area contributed by atoms with E-state index in [0.717, 1.165) is 31.6 Å². The highest BCUT2D eigenvalue weighted by Gasteiger charge is 2.21. The third kappa shape index (κ3) is 4.04. The highest BCUT2D eigenvalue weighted by atomic mass is 16.5. The zero-order valence-corrected chi connectivity index (χ0v) is 12.1. The number of benzene rings is 1. The lowest BCUT2D eigenvalue weighted by molar-refractivity contribution is 0.317. The molecule has 0 aliphatic heterocycles. The standard InChI is InChI=1S/C18H21NO/c1-2-14-20-18-11-9-17(10-12-18)16-7-5-15(6-8-16)4-3-13-19/h9-12,15-16H,2,5-8,14H2,1H3. The number of ether oxygens (including phenoxy) is 1. The predicted octanol–water partition coefficient (Wildman–Crippen LogP) is 4.28. The first-order chi connectivity index (χ1) is 9.83. The van der Waals surface area contributed by atoms with Crippen LogP contribution < -0.4 is 4.74 Å². The molecular weight excluding hydrogens is 246 g/mol. The van der Waals surface area contributed by atoms with Gasteiger partial charge in [-0.25, -0.2) is 0 Å². The summed E-state index contributed by atoms with van der Waals surface area (Å²) in [5.41, 5.74) is 1.40. The molecule has 0 radical (unpaired) electrons. The van der Waals surface area contributed by atoms with Gasteiger partial charge in [0.2, 0.25) is 0 Å². The molecule has 1 aromatic carbocycles. The van der Waals surface area contributed by atoms with Crippen molar-refractivity contribution in [2.75, 3.05) is 6.61 Å². The fourth-order valence-electron chi connectivity index (χ4n) is 2.76. The zero-order valence-electron chi connectivity index (χ0n) is 12.1. The monoisotopic (exact) mass is 267 g/mol. The molecule has 1 aromatic rings. The fourth-order valence-corrected chi connectivity index (χ4v) is 2.76. The molecule has 104 valence electrons. The van der Waals surface area contributed by atoms with Crippen molar-refractivity contribution in [2.45, 2.75) is 44.9 Å². The van der Waals surface area contributed by atoms with Gasteiger partial charge in [0.15, 0.2) is 6.07 Å². The minimum Gasteiger partial charge on any atom is -0.494 e. The van der Waals surface area contributed by atoms with Crippen LogP contribution in [0.1, 0.15) is 50.5 Å². The van der Waals surface area contributed by atoms with Crippen LogP contribution in [0, 0.1) is 29.1 Å². The van der Waals surface area contributed by atoms with Gasteiger partial charge in [-0.2, -0.15) is 5.26 Å². The number of rotatable bonds is 4. The third-order valence-electron chi connectivity index (χ3n) is 3.88. The van der Waals surface area contributed by atoms with Gasteiger partial charge < -0.3 is 4.74 Å². The molecule has 0 aromatic heterocycles. The second-order valence-electron chi connectivity index (χ2n) is 5.35. The van der Waals surface area contributed by atoms with Crippen LogP contribution in [0.25, 0.3) is 0 Å². The van der Waals surface area contributed by atoms with Gasteiger partial charge in [-0.05, 0) is 55.7 Å². The van der Waals surface area contributed by atoms with Gasteiger partial charge in [0.25, 0.3) is 0 Å². The summed E-state index contributed by atoms with van der Waals surface area (Å²) < 4.78 is 5.61. The molecule has 1 aliphatic carbocycles. The minimum absolute atomic E-state index is 0.415. The van der Waals surface area contributed by atoms with Crippen LogP contribution in [0.4, 0.5) is 0 Å². The molecule has 0 spiro atoms. The number of nitriles is 1. The lowest BCUT2D eigenvalue weighted by Gasteiger charge is -2.26. The lowest BCUT2D eigenvalue weighted by atomic mass is 9.79. The third-order valence-corrected chi connectivity index (χ3v) is 3.88. The van der Waals surface area contributed by atoms with Gasteiger partial charge >= 0.3 is 0 Å². The second-order valence-corrected chi connectivity index (χ2v) is 5.35. The van der Waals surface area contributed by atoms with E-state index >= 15 is 0 Å². The minimum atomic E-state index is 0.415. The smallest absolute Gasteiger partial charge is 0.152 e. The quantitative estimate of drug-likeness (QED) is 0.763. The molecule has 1 aliphatic rings. The Hall–Kier alpha value is -1.93. The maximum absolute atomic E-state index is 8.48. The second kappa shape index (κ2) is 7.61. The van der Waals surface area contributed by atoms with Crippen molar-refractivity contribution in [1.29, 1.82) is 5.26 Å². The van der Waals surface area contributed by atoms with E-state index in [4.69, 9.17) is 10.00 Å². The van der Waals surface area contributed by atoms with Crippen molar-refractivity contribution >= 4 is 0 Å². The summed E-state index contributed by atoms with van der Waals surface area (Å²) in [4.78, 5) is 0. The Bertz CT molecular complexity index is 507. The average molecular weight is 267 g/mol. The fraction of sp³-hybridized carbons (Fsp3) is 0.500. The summed E-state index contributed by atoms with van der Waals surface area (Å²) >= 11 is 0. The molecule has 0 heterocycles. The Balaban J connectivity index is 1.89. The van der Waals surface area contributed by atoms with Crippen LogP contribution in [0.15, 0.2) is 24.3 Å². The molecular formula is C18H21NO. The van der Waals surface area contributed by atoms with Gasteiger partial charge in [-0.15, -0.1) is 0 Å². The number of hydrogen-bond acceptors (Lipinski definition) is 2.